The van der Waals surface area contributed by atoms with E-state index in [9.17, 15) is 8.78 Å². The smallest absolute Gasteiger partial charge is 0.248 e. The van der Waals surface area contributed by atoms with Gasteiger partial charge >= 0.3 is 0 Å². The Balaban J connectivity index is 1.50. The molecule has 0 bridgehead atoms. The number of rotatable bonds is 5. The Labute approximate surface area is 155 Å². The van der Waals surface area contributed by atoms with E-state index in [1.807, 2.05) is 18.2 Å². The molecule has 1 saturated heterocycles. The van der Waals surface area contributed by atoms with Gasteiger partial charge in [0, 0.05) is 25.5 Å². The highest BCUT2D eigenvalue weighted by Gasteiger charge is 2.48. The predicted molar refractivity (Wildman–Crippen MR) is 97.2 cm³/mol. The van der Waals surface area contributed by atoms with Crippen molar-refractivity contribution in [2.24, 2.45) is 5.92 Å². The van der Waals surface area contributed by atoms with Gasteiger partial charge in [0.1, 0.15) is 11.3 Å². The number of hydrazine groups is 1. The number of aromatic nitrogens is 1. The highest BCUT2D eigenvalue weighted by Crippen LogP contribution is 2.48. The monoisotopic (exact) mass is 383 g/mol. The molecule has 1 aromatic carbocycles. The third-order valence-corrected chi connectivity index (χ3v) is 6.86. The Kier molecular flexibility index (Phi) is 4.83. The van der Waals surface area contributed by atoms with Crippen molar-refractivity contribution in [2.75, 3.05) is 13.7 Å². The number of alkyl halides is 2. The lowest BCUT2D eigenvalue weighted by molar-refractivity contribution is -0.0599. The van der Waals surface area contributed by atoms with Crippen molar-refractivity contribution >= 4 is 22.9 Å². The molecular formula is C18H23F2N3O2S. The van der Waals surface area contributed by atoms with Crippen LogP contribution in [0.15, 0.2) is 22.6 Å². The molecule has 0 spiro atoms. The summed E-state index contributed by atoms with van der Waals surface area (Å²) in [6.45, 7) is 0.778. The van der Waals surface area contributed by atoms with Crippen LogP contribution in [0.1, 0.15) is 38.0 Å². The standard InChI is InChI=1S/C18H23F2N3O2S/c1-24-13-4-5-14-15(9-13)25-16(22-14)11-26-18(7-8-21-23-18)12-3-2-6-17(19,20)10-12/h4-5,9,12,21,23H,2-3,6-8,10-11H2,1H3. The lowest BCUT2D eigenvalue weighted by Gasteiger charge is -2.41. The summed E-state index contributed by atoms with van der Waals surface area (Å²) in [7, 11) is 1.61. The quantitative estimate of drug-likeness (QED) is 0.811. The van der Waals surface area contributed by atoms with Crippen LogP contribution in [-0.4, -0.2) is 29.4 Å². The van der Waals surface area contributed by atoms with Gasteiger partial charge in [-0.05, 0) is 37.3 Å². The first-order chi connectivity index (χ1) is 12.5. The van der Waals surface area contributed by atoms with E-state index in [4.69, 9.17) is 9.15 Å². The number of nitrogens with zero attached hydrogens (tertiary/aromatic N) is 1. The van der Waals surface area contributed by atoms with E-state index >= 15 is 0 Å². The molecule has 1 saturated carbocycles. The number of thioether (sulfide) groups is 1. The van der Waals surface area contributed by atoms with Crippen LogP contribution in [0.5, 0.6) is 5.75 Å². The lowest BCUT2D eigenvalue weighted by atomic mass is 9.81. The second kappa shape index (κ2) is 6.98. The zero-order valence-electron chi connectivity index (χ0n) is 14.7. The summed E-state index contributed by atoms with van der Waals surface area (Å²) < 4.78 is 38.9. The summed E-state index contributed by atoms with van der Waals surface area (Å²) >= 11 is 1.62. The highest BCUT2D eigenvalue weighted by molar-refractivity contribution is 7.99. The van der Waals surface area contributed by atoms with Crippen LogP contribution >= 0.6 is 11.8 Å². The number of nitrogens with one attached hydrogen (secondary N) is 2. The molecule has 0 amide bonds. The molecule has 2 N–H and O–H groups in total. The Bertz CT molecular complexity index is 777. The normalized spacial score (nSPS) is 28.5. The summed E-state index contributed by atoms with van der Waals surface area (Å²) in [4.78, 5) is 4.11. The fraction of sp³-hybridized carbons (Fsp3) is 0.611. The molecule has 2 atom stereocenters. The number of methoxy groups -OCH3 is 1. The van der Waals surface area contributed by atoms with Crippen molar-refractivity contribution in [3.63, 3.8) is 0 Å². The maximum Gasteiger partial charge on any atom is 0.248 e. The largest absolute Gasteiger partial charge is 0.497 e. The molecule has 26 heavy (non-hydrogen) atoms. The number of hydrogen-bond acceptors (Lipinski definition) is 6. The van der Waals surface area contributed by atoms with Gasteiger partial charge in [0.15, 0.2) is 5.58 Å². The lowest BCUT2D eigenvalue weighted by Crippen LogP contribution is -2.50. The predicted octanol–water partition coefficient (Wildman–Crippen LogP) is 4.09. The van der Waals surface area contributed by atoms with E-state index in [2.05, 4.69) is 15.8 Å². The summed E-state index contributed by atoms with van der Waals surface area (Å²) in [6, 6.07) is 5.51. The van der Waals surface area contributed by atoms with E-state index < -0.39 is 10.8 Å². The van der Waals surface area contributed by atoms with Crippen LogP contribution in [0.25, 0.3) is 11.1 Å². The molecule has 0 radical (unpaired) electrons. The van der Waals surface area contributed by atoms with Gasteiger partial charge in [-0.25, -0.2) is 19.2 Å². The molecule has 8 heteroatoms. The molecule has 142 valence electrons. The Morgan fingerprint density at radius 3 is 3.00 bits per heavy atom. The molecule has 1 aromatic heterocycles. The number of benzene rings is 1. The zero-order chi connectivity index (χ0) is 18.2. The number of halogens is 2. The van der Waals surface area contributed by atoms with E-state index in [0.717, 1.165) is 30.7 Å². The molecule has 1 aliphatic heterocycles. The van der Waals surface area contributed by atoms with Crippen LogP contribution in [0.2, 0.25) is 0 Å². The van der Waals surface area contributed by atoms with Crippen molar-refractivity contribution in [3.05, 3.63) is 24.1 Å². The first kappa shape index (κ1) is 18.0. The minimum absolute atomic E-state index is 0.00460. The molecule has 4 rings (SSSR count). The first-order valence-electron chi connectivity index (χ1n) is 8.95. The van der Waals surface area contributed by atoms with Crippen LogP contribution in [-0.2, 0) is 5.75 Å². The molecule has 2 heterocycles. The van der Waals surface area contributed by atoms with Gasteiger partial charge in [-0.15, -0.1) is 11.8 Å². The first-order valence-corrected chi connectivity index (χ1v) is 9.94. The van der Waals surface area contributed by atoms with Crippen molar-refractivity contribution in [2.45, 2.75) is 48.7 Å². The highest BCUT2D eigenvalue weighted by atomic mass is 32.2. The summed E-state index contributed by atoms with van der Waals surface area (Å²) in [5.74, 6) is -0.775. The van der Waals surface area contributed by atoms with Crippen LogP contribution in [0, 0.1) is 5.92 Å². The molecule has 5 nitrogen and oxygen atoms in total. The van der Waals surface area contributed by atoms with Gasteiger partial charge in [0.25, 0.3) is 0 Å². The summed E-state index contributed by atoms with van der Waals surface area (Å²) in [5, 5.41) is 0. The zero-order valence-corrected chi connectivity index (χ0v) is 15.5. The maximum atomic E-state index is 14.0. The van der Waals surface area contributed by atoms with E-state index in [0.29, 0.717) is 23.6 Å². The van der Waals surface area contributed by atoms with Gasteiger partial charge in [-0.1, -0.05) is 0 Å². The topological polar surface area (TPSA) is 59.3 Å². The van der Waals surface area contributed by atoms with Crippen molar-refractivity contribution in [1.29, 1.82) is 0 Å². The van der Waals surface area contributed by atoms with E-state index in [1.165, 1.54) is 0 Å². The third kappa shape index (κ3) is 3.54. The fourth-order valence-electron chi connectivity index (χ4n) is 3.96. The average Bonchev–Trinajstić information content (AvgIpc) is 3.25. The molecule has 2 unspecified atom stereocenters. The third-order valence-electron chi connectivity index (χ3n) is 5.31. The van der Waals surface area contributed by atoms with Crippen LogP contribution < -0.4 is 15.6 Å². The van der Waals surface area contributed by atoms with E-state index in [-0.39, 0.29) is 18.8 Å². The van der Waals surface area contributed by atoms with Gasteiger partial charge < -0.3 is 9.15 Å². The second-order valence-corrected chi connectivity index (χ2v) is 8.38. The number of oxazole rings is 1. The molecule has 2 fully saturated rings. The van der Waals surface area contributed by atoms with Crippen LogP contribution in [0.3, 0.4) is 0 Å². The van der Waals surface area contributed by atoms with Crippen molar-refractivity contribution < 1.29 is 17.9 Å². The fourth-order valence-corrected chi connectivity index (χ4v) is 5.29. The summed E-state index contributed by atoms with van der Waals surface area (Å²) in [6.07, 6.45) is 2.16. The van der Waals surface area contributed by atoms with E-state index in [1.54, 1.807) is 18.9 Å². The minimum Gasteiger partial charge on any atom is -0.497 e. The average molecular weight is 383 g/mol. The molecule has 2 aliphatic rings. The van der Waals surface area contributed by atoms with Gasteiger partial charge in [-0.3, -0.25) is 5.43 Å². The molecule has 1 aliphatic carbocycles. The molecule has 2 aromatic rings. The van der Waals surface area contributed by atoms with Gasteiger partial charge in [-0.2, -0.15) is 0 Å². The number of fused-ring (bicyclic) bond motifs is 1. The van der Waals surface area contributed by atoms with Crippen molar-refractivity contribution in [3.8, 4) is 5.75 Å². The number of hydrogen-bond donors (Lipinski definition) is 2. The van der Waals surface area contributed by atoms with Crippen molar-refractivity contribution in [1.82, 2.24) is 15.8 Å². The Morgan fingerprint density at radius 1 is 1.38 bits per heavy atom. The number of ether oxygens (including phenoxy) is 1. The Hall–Kier alpha value is -1.38. The van der Waals surface area contributed by atoms with Gasteiger partial charge in [0.2, 0.25) is 11.8 Å². The Morgan fingerprint density at radius 2 is 2.27 bits per heavy atom. The maximum absolute atomic E-state index is 14.0. The van der Waals surface area contributed by atoms with Gasteiger partial charge in [0.05, 0.1) is 17.7 Å². The SMILES string of the molecule is COc1ccc2nc(CSC3(C4CCCC(F)(F)C4)CCNN3)oc2c1. The second-order valence-electron chi connectivity index (χ2n) is 7.07. The molecular weight excluding hydrogens is 360 g/mol. The minimum atomic E-state index is -2.56. The van der Waals surface area contributed by atoms with Crippen LogP contribution in [0.4, 0.5) is 8.78 Å². The summed E-state index contributed by atoms with van der Waals surface area (Å²) in [5.41, 5.74) is 7.87.